The second-order valence-electron chi connectivity index (χ2n) is 6.30. The standard InChI is InChI=1S/C18H27N7/c1-19-18(22-14-16-7-9-23-24(16)2)21-13-15-6-8-20-17(12-15)25-10-4-3-5-11-25/h6-9,12H,3-5,10-11,13-14H2,1-2H3,(H2,19,21,22). The van der Waals surface area contributed by atoms with E-state index in [1.165, 1.54) is 24.8 Å². The molecule has 0 atom stereocenters. The van der Waals surface area contributed by atoms with Crippen LogP contribution in [0.15, 0.2) is 35.6 Å². The molecule has 7 heteroatoms. The first-order valence-electron chi connectivity index (χ1n) is 8.87. The van der Waals surface area contributed by atoms with Crippen molar-refractivity contribution in [2.75, 3.05) is 25.0 Å². The van der Waals surface area contributed by atoms with Gasteiger partial charge in [0.05, 0.1) is 12.2 Å². The Morgan fingerprint density at radius 1 is 1.12 bits per heavy atom. The van der Waals surface area contributed by atoms with Gasteiger partial charge in [0.25, 0.3) is 0 Å². The Balaban J connectivity index is 1.53. The number of anilines is 1. The molecule has 0 unspecified atom stereocenters. The molecule has 7 nitrogen and oxygen atoms in total. The molecule has 2 N–H and O–H groups in total. The molecule has 0 aliphatic carbocycles. The summed E-state index contributed by atoms with van der Waals surface area (Å²) < 4.78 is 1.86. The number of pyridine rings is 1. The van der Waals surface area contributed by atoms with Crippen molar-refractivity contribution < 1.29 is 0 Å². The van der Waals surface area contributed by atoms with Crippen LogP contribution in [0.2, 0.25) is 0 Å². The van der Waals surface area contributed by atoms with Crippen molar-refractivity contribution in [2.24, 2.45) is 12.0 Å². The number of aryl methyl sites for hydroxylation is 1. The summed E-state index contributed by atoms with van der Waals surface area (Å²) in [6.07, 6.45) is 7.54. The number of nitrogens with one attached hydrogen (secondary N) is 2. The van der Waals surface area contributed by atoms with E-state index < -0.39 is 0 Å². The number of guanidine groups is 1. The third-order valence-electron chi connectivity index (χ3n) is 4.53. The van der Waals surface area contributed by atoms with Gasteiger partial charge in [-0.15, -0.1) is 0 Å². The van der Waals surface area contributed by atoms with Crippen molar-refractivity contribution in [3.63, 3.8) is 0 Å². The van der Waals surface area contributed by atoms with Crippen LogP contribution >= 0.6 is 0 Å². The fourth-order valence-electron chi connectivity index (χ4n) is 3.02. The summed E-state index contributed by atoms with van der Waals surface area (Å²) in [5, 5.41) is 10.8. The van der Waals surface area contributed by atoms with Gasteiger partial charge in [0.15, 0.2) is 5.96 Å². The van der Waals surface area contributed by atoms with Crippen molar-refractivity contribution >= 4 is 11.8 Å². The monoisotopic (exact) mass is 341 g/mol. The third-order valence-corrected chi connectivity index (χ3v) is 4.53. The SMILES string of the molecule is CN=C(NCc1ccnc(N2CCCCC2)c1)NCc1ccnn1C. The van der Waals surface area contributed by atoms with Crippen LogP contribution in [0, 0.1) is 0 Å². The number of rotatable bonds is 5. The minimum absolute atomic E-state index is 0.686. The topological polar surface area (TPSA) is 70.4 Å². The highest BCUT2D eigenvalue weighted by atomic mass is 15.3. The molecule has 0 amide bonds. The van der Waals surface area contributed by atoms with E-state index in [0.717, 1.165) is 30.6 Å². The van der Waals surface area contributed by atoms with Gasteiger partial charge in [-0.3, -0.25) is 9.67 Å². The Labute approximate surface area is 149 Å². The van der Waals surface area contributed by atoms with Crippen molar-refractivity contribution in [2.45, 2.75) is 32.4 Å². The Morgan fingerprint density at radius 3 is 2.64 bits per heavy atom. The van der Waals surface area contributed by atoms with Gasteiger partial charge in [-0.05, 0) is 43.0 Å². The predicted molar refractivity (Wildman–Crippen MR) is 101 cm³/mol. The van der Waals surface area contributed by atoms with Crippen molar-refractivity contribution in [1.29, 1.82) is 0 Å². The number of nitrogens with zero attached hydrogens (tertiary/aromatic N) is 5. The summed E-state index contributed by atoms with van der Waals surface area (Å²) in [6, 6.07) is 6.22. The molecular weight excluding hydrogens is 314 g/mol. The van der Waals surface area contributed by atoms with Crippen molar-refractivity contribution in [1.82, 2.24) is 25.4 Å². The molecule has 1 fully saturated rings. The van der Waals surface area contributed by atoms with E-state index in [0.29, 0.717) is 13.1 Å². The summed E-state index contributed by atoms with van der Waals surface area (Å²) in [5.74, 6) is 1.86. The highest BCUT2D eigenvalue weighted by Gasteiger charge is 2.12. The molecule has 0 radical (unpaired) electrons. The molecule has 0 spiro atoms. The van der Waals surface area contributed by atoms with Crippen LogP contribution in [-0.2, 0) is 20.1 Å². The van der Waals surface area contributed by atoms with Crippen LogP contribution in [0.5, 0.6) is 0 Å². The molecule has 134 valence electrons. The van der Waals surface area contributed by atoms with Crippen LogP contribution in [0.1, 0.15) is 30.5 Å². The Kier molecular flexibility index (Phi) is 5.87. The summed E-state index contributed by atoms with van der Waals surface area (Å²) >= 11 is 0. The zero-order valence-electron chi connectivity index (χ0n) is 15.1. The van der Waals surface area contributed by atoms with Gasteiger partial charge in [0.1, 0.15) is 5.82 Å². The molecule has 2 aromatic heterocycles. The molecule has 3 rings (SSSR count). The van der Waals surface area contributed by atoms with Crippen molar-refractivity contribution in [3.05, 3.63) is 41.9 Å². The lowest BCUT2D eigenvalue weighted by Gasteiger charge is -2.28. The van der Waals surface area contributed by atoms with Gasteiger partial charge in [-0.1, -0.05) is 0 Å². The lowest BCUT2D eigenvalue weighted by Crippen LogP contribution is -2.36. The van der Waals surface area contributed by atoms with E-state index in [1.54, 1.807) is 13.2 Å². The molecule has 25 heavy (non-hydrogen) atoms. The van der Waals surface area contributed by atoms with Crippen LogP contribution in [-0.4, -0.2) is 40.9 Å². The molecule has 1 saturated heterocycles. The second-order valence-corrected chi connectivity index (χ2v) is 6.30. The van der Waals surface area contributed by atoms with E-state index in [2.05, 4.69) is 42.7 Å². The van der Waals surface area contributed by atoms with Crippen molar-refractivity contribution in [3.8, 4) is 0 Å². The average Bonchev–Trinajstić information content (AvgIpc) is 3.08. The third kappa shape index (κ3) is 4.71. The van der Waals surface area contributed by atoms with Gasteiger partial charge in [0.2, 0.25) is 0 Å². The Morgan fingerprint density at radius 2 is 1.92 bits per heavy atom. The average molecular weight is 341 g/mol. The molecule has 1 aliphatic rings. The zero-order chi connectivity index (χ0) is 17.5. The quantitative estimate of drug-likeness (QED) is 0.639. The van der Waals surface area contributed by atoms with E-state index >= 15 is 0 Å². The minimum Gasteiger partial charge on any atom is -0.357 e. The summed E-state index contributed by atoms with van der Waals surface area (Å²) in [5.41, 5.74) is 2.32. The fraction of sp³-hybridized carbons (Fsp3) is 0.500. The lowest BCUT2D eigenvalue weighted by molar-refractivity contribution is 0.573. The molecule has 0 bridgehead atoms. The van der Waals surface area contributed by atoms with Crippen LogP contribution in [0.25, 0.3) is 0 Å². The van der Waals surface area contributed by atoms with Gasteiger partial charge >= 0.3 is 0 Å². The molecule has 1 aliphatic heterocycles. The minimum atomic E-state index is 0.686. The van der Waals surface area contributed by atoms with E-state index in [9.17, 15) is 0 Å². The first-order chi connectivity index (χ1) is 12.3. The number of aliphatic imine (C=N–C) groups is 1. The number of piperidine rings is 1. The maximum Gasteiger partial charge on any atom is 0.191 e. The highest BCUT2D eigenvalue weighted by molar-refractivity contribution is 5.79. The summed E-state index contributed by atoms with van der Waals surface area (Å²) in [6.45, 7) is 3.62. The van der Waals surface area contributed by atoms with Crippen LogP contribution in [0.3, 0.4) is 0 Å². The normalized spacial score (nSPS) is 15.3. The highest BCUT2D eigenvalue weighted by Crippen LogP contribution is 2.18. The Bertz CT molecular complexity index is 701. The van der Waals surface area contributed by atoms with Crippen LogP contribution in [0.4, 0.5) is 5.82 Å². The summed E-state index contributed by atoms with van der Waals surface area (Å²) in [4.78, 5) is 11.2. The van der Waals surface area contributed by atoms with Gasteiger partial charge in [0, 0.05) is 46.1 Å². The molecule has 2 aromatic rings. The van der Waals surface area contributed by atoms with Gasteiger partial charge < -0.3 is 15.5 Å². The van der Waals surface area contributed by atoms with E-state index in [-0.39, 0.29) is 0 Å². The van der Waals surface area contributed by atoms with Gasteiger partial charge in [-0.25, -0.2) is 4.98 Å². The maximum atomic E-state index is 4.53. The smallest absolute Gasteiger partial charge is 0.191 e. The number of aromatic nitrogens is 3. The predicted octanol–water partition coefficient (Wildman–Crippen LogP) is 1.67. The second kappa shape index (κ2) is 8.50. The first-order valence-corrected chi connectivity index (χ1v) is 8.87. The molecule has 3 heterocycles. The molecule has 0 aromatic carbocycles. The van der Waals surface area contributed by atoms with E-state index in [4.69, 9.17) is 0 Å². The first kappa shape index (κ1) is 17.3. The zero-order valence-corrected chi connectivity index (χ0v) is 15.1. The van der Waals surface area contributed by atoms with E-state index in [1.807, 2.05) is 24.0 Å². The fourth-order valence-corrected chi connectivity index (χ4v) is 3.02. The van der Waals surface area contributed by atoms with Gasteiger partial charge in [-0.2, -0.15) is 5.10 Å². The number of hydrogen-bond donors (Lipinski definition) is 2. The molecule has 0 saturated carbocycles. The Hall–Kier alpha value is -2.57. The maximum absolute atomic E-state index is 4.53. The molecular formula is C18H27N7. The summed E-state index contributed by atoms with van der Waals surface area (Å²) in [7, 11) is 3.72. The largest absolute Gasteiger partial charge is 0.357 e. The number of hydrogen-bond acceptors (Lipinski definition) is 4. The lowest BCUT2D eigenvalue weighted by atomic mass is 10.1. The van der Waals surface area contributed by atoms with Crippen LogP contribution < -0.4 is 15.5 Å².